The first-order valence-corrected chi connectivity index (χ1v) is 10.8. The molecule has 2 aromatic rings. The Morgan fingerprint density at radius 3 is 2.53 bits per heavy atom. The van der Waals surface area contributed by atoms with Crippen LogP contribution in [-0.2, 0) is 19.0 Å². The Labute approximate surface area is 178 Å². The Kier molecular flexibility index (Phi) is 5.30. The minimum atomic E-state index is -1.31. The van der Waals surface area contributed by atoms with Gasteiger partial charge < -0.3 is 29.7 Å². The second kappa shape index (κ2) is 7.96. The number of morpholine rings is 1. The molecule has 2 bridgehead atoms. The summed E-state index contributed by atoms with van der Waals surface area (Å²) >= 11 is 1.25. The van der Waals surface area contributed by atoms with Crippen LogP contribution in [-0.4, -0.2) is 58.1 Å². The lowest BCUT2D eigenvalue weighted by molar-refractivity contribution is -0.216. The summed E-state index contributed by atoms with van der Waals surface area (Å²) in [4.78, 5) is 12.3. The summed E-state index contributed by atoms with van der Waals surface area (Å²) in [5.41, 5.74) is 0.864. The molecule has 158 valence electrons. The number of piperidine rings is 1. The topological polar surface area (TPSA) is 97.3 Å². The second-order valence-corrected chi connectivity index (χ2v) is 9.10. The number of hydrogen-bond acceptors (Lipinski definition) is 7. The first-order valence-electron chi connectivity index (χ1n) is 9.97. The molecule has 8 heteroatoms. The van der Waals surface area contributed by atoms with Crippen LogP contribution in [0.1, 0.15) is 18.3 Å². The largest absolute Gasteiger partial charge is 0.391 e. The molecule has 7 nitrogen and oxygen atoms in total. The molecule has 7 atom stereocenters. The summed E-state index contributed by atoms with van der Waals surface area (Å²) < 4.78 is 17.8. The highest BCUT2D eigenvalue weighted by molar-refractivity contribution is 8.01. The molecule has 1 amide bonds. The maximum atomic E-state index is 12.7. The first-order chi connectivity index (χ1) is 14.6. The van der Waals surface area contributed by atoms with Crippen LogP contribution in [0.5, 0.6) is 0 Å². The highest BCUT2D eigenvalue weighted by atomic mass is 32.2. The molecular weight excluding hydrogens is 406 g/mol. The standard InChI is InChI=1S/C22H23NO6S/c24-15-11-22(30-14-9-5-2-6-10-14)21(26)23-17(15)19(29-22)18(25)16-12-27-20(28-16)13-7-3-1-4-8-13/h1-10,15-20,24-25H,11-12H2,(H,23,26)/t15-,16+,17+,18+,19+,20?,22-/m0/s1. The minimum Gasteiger partial charge on any atom is -0.391 e. The molecule has 0 saturated carbocycles. The van der Waals surface area contributed by atoms with Crippen LogP contribution in [0.3, 0.4) is 0 Å². The lowest BCUT2D eigenvalue weighted by atomic mass is 9.86. The van der Waals surface area contributed by atoms with E-state index in [-0.39, 0.29) is 18.9 Å². The maximum absolute atomic E-state index is 12.7. The smallest absolute Gasteiger partial charge is 0.263 e. The highest BCUT2D eigenvalue weighted by Gasteiger charge is 2.60. The number of hydrogen-bond donors (Lipinski definition) is 3. The molecule has 4 fully saturated rings. The quantitative estimate of drug-likeness (QED) is 0.664. The van der Waals surface area contributed by atoms with E-state index in [2.05, 4.69) is 5.32 Å². The van der Waals surface area contributed by atoms with E-state index in [1.807, 2.05) is 60.7 Å². The molecule has 3 N–H and O–H groups in total. The molecule has 4 saturated heterocycles. The summed E-state index contributed by atoms with van der Waals surface area (Å²) in [7, 11) is 0. The molecule has 4 aliphatic rings. The van der Waals surface area contributed by atoms with Crippen LogP contribution in [0.4, 0.5) is 0 Å². The fourth-order valence-electron chi connectivity index (χ4n) is 4.22. The normalized spacial score (nSPS) is 36.5. The second-order valence-electron chi connectivity index (χ2n) is 7.76. The van der Waals surface area contributed by atoms with Crippen LogP contribution < -0.4 is 5.32 Å². The number of nitrogens with one attached hydrogen (secondary N) is 1. The van der Waals surface area contributed by atoms with Crippen LogP contribution in [0.15, 0.2) is 65.6 Å². The Hall–Kier alpha value is -1.94. The van der Waals surface area contributed by atoms with E-state index < -0.39 is 41.7 Å². The Bertz CT molecular complexity index is 899. The predicted octanol–water partition coefficient (Wildman–Crippen LogP) is 1.60. The van der Waals surface area contributed by atoms with Gasteiger partial charge in [-0.15, -0.1) is 0 Å². The lowest BCUT2D eigenvalue weighted by Crippen LogP contribution is -2.74. The minimum absolute atomic E-state index is 0.154. The molecule has 4 aliphatic heterocycles. The van der Waals surface area contributed by atoms with E-state index in [9.17, 15) is 15.0 Å². The van der Waals surface area contributed by atoms with Gasteiger partial charge in [-0.3, -0.25) is 4.79 Å². The molecule has 4 heterocycles. The van der Waals surface area contributed by atoms with Gasteiger partial charge in [0, 0.05) is 16.9 Å². The summed E-state index contributed by atoms with van der Waals surface area (Å²) in [6, 6.07) is 18.2. The molecule has 0 aliphatic carbocycles. The lowest BCUT2D eigenvalue weighted by Gasteiger charge is -2.53. The molecule has 2 aromatic carbocycles. The van der Waals surface area contributed by atoms with E-state index in [1.54, 1.807) is 0 Å². The molecule has 6 rings (SSSR count). The van der Waals surface area contributed by atoms with E-state index in [1.165, 1.54) is 11.8 Å². The number of amides is 1. The predicted molar refractivity (Wildman–Crippen MR) is 108 cm³/mol. The van der Waals surface area contributed by atoms with Gasteiger partial charge in [-0.25, -0.2) is 0 Å². The number of carbonyl (C=O) groups excluding carboxylic acids is 1. The average molecular weight is 429 g/mol. The zero-order valence-electron chi connectivity index (χ0n) is 16.1. The third-order valence-electron chi connectivity index (χ3n) is 5.74. The molecule has 1 unspecified atom stereocenters. The number of aliphatic hydroxyl groups excluding tert-OH is 2. The summed E-state index contributed by atoms with van der Waals surface area (Å²) in [5, 5.41) is 24.5. The van der Waals surface area contributed by atoms with Crippen molar-refractivity contribution in [2.75, 3.05) is 6.61 Å². The van der Waals surface area contributed by atoms with Crippen LogP contribution >= 0.6 is 11.8 Å². The van der Waals surface area contributed by atoms with Gasteiger partial charge in [-0.05, 0) is 12.1 Å². The van der Waals surface area contributed by atoms with E-state index >= 15 is 0 Å². The van der Waals surface area contributed by atoms with Gasteiger partial charge in [0.25, 0.3) is 5.91 Å². The third-order valence-corrected chi connectivity index (χ3v) is 7.03. The van der Waals surface area contributed by atoms with Gasteiger partial charge in [-0.2, -0.15) is 0 Å². The van der Waals surface area contributed by atoms with Crippen molar-refractivity contribution >= 4 is 17.7 Å². The fourth-order valence-corrected chi connectivity index (χ4v) is 5.46. The number of carbonyl (C=O) groups is 1. The van der Waals surface area contributed by atoms with Crippen LogP contribution in [0, 0.1) is 0 Å². The van der Waals surface area contributed by atoms with Gasteiger partial charge in [-0.1, -0.05) is 60.3 Å². The van der Waals surface area contributed by atoms with Gasteiger partial charge in [0.1, 0.15) is 18.3 Å². The first kappa shape index (κ1) is 20.0. The van der Waals surface area contributed by atoms with Crippen LogP contribution in [0.25, 0.3) is 0 Å². The van der Waals surface area contributed by atoms with Crippen molar-refractivity contribution in [3.63, 3.8) is 0 Å². The van der Waals surface area contributed by atoms with Crippen LogP contribution in [0.2, 0.25) is 0 Å². The van der Waals surface area contributed by atoms with Crippen molar-refractivity contribution in [3.05, 3.63) is 66.2 Å². The molecule has 0 radical (unpaired) electrons. The molecular formula is C22H23NO6S. The van der Waals surface area contributed by atoms with Gasteiger partial charge >= 0.3 is 0 Å². The van der Waals surface area contributed by atoms with Crippen molar-refractivity contribution < 1.29 is 29.2 Å². The monoisotopic (exact) mass is 429 g/mol. The number of ether oxygens (including phenoxy) is 3. The molecule has 0 aromatic heterocycles. The van der Waals surface area contributed by atoms with Crippen molar-refractivity contribution in [2.45, 2.75) is 53.0 Å². The summed E-state index contributed by atoms with van der Waals surface area (Å²) in [6.45, 7) is 0.191. The van der Waals surface area contributed by atoms with Gasteiger partial charge in [0.2, 0.25) is 0 Å². The highest BCUT2D eigenvalue weighted by Crippen LogP contribution is 2.47. The van der Waals surface area contributed by atoms with E-state index in [0.717, 1.165) is 10.5 Å². The Balaban J connectivity index is 1.34. The summed E-state index contributed by atoms with van der Waals surface area (Å²) in [6.07, 6.45) is -3.78. The Morgan fingerprint density at radius 1 is 1.10 bits per heavy atom. The summed E-state index contributed by atoms with van der Waals surface area (Å²) in [5.74, 6) is -0.291. The van der Waals surface area contributed by atoms with Crippen molar-refractivity contribution in [1.82, 2.24) is 5.32 Å². The SMILES string of the molecule is O=C1N[C@H]2[C@H]([C@H](O)[C@H]3COC(c4ccccc4)O3)O[C@]1(Sc1ccccc1)C[C@@H]2O. The van der Waals surface area contributed by atoms with Gasteiger partial charge in [0.15, 0.2) is 11.2 Å². The van der Waals surface area contributed by atoms with E-state index in [0.29, 0.717) is 0 Å². The van der Waals surface area contributed by atoms with Gasteiger partial charge in [0.05, 0.1) is 18.8 Å². The number of rotatable bonds is 5. The Morgan fingerprint density at radius 2 is 1.80 bits per heavy atom. The number of thioether (sulfide) groups is 1. The zero-order valence-corrected chi connectivity index (χ0v) is 16.9. The van der Waals surface area contributed by atoms with Crippen molar-refractivity contribution in [1.29, 1.82) is 0 Å². The molecule has 0 spiro atoms. The van der Waals surface area contributed by atoms with E-state index in [4.69, 9.17) is 14.2 Å². The fraction of sp³-hybridized carbons (Fsp3) is 0.409. The van der Waals surface area contributed by atoms with Crippen molar-refractivity contribution in [2.24, 2.45) is 0 Å². The average Bonchev–Trinajstić information content (AvgIpc) is 3.26. The maximum Gasteiger partial charge on any atom is 0.263 e. The molecule has 30 heavy (non-hydrogen) atoms. The number of fused-ring (bicyclic) bond motifs is 3. The third kappa shape index (κ3) is 3.53. The number of benzene rings is 2. The zero-order chi connectivity index (χ0) is 20.7. The number of aliphatic hydroxyl groups is 2. The van der Waals surface area contributed by atoms with Crippen molar-refractivity contribution in [3.8, 4) is 0 Å².